The van der Waals surface area contributed by atoms with Crippen molar-refractivity contribution in [3.63, 3.8) is 0 Å². The van der Waals surface area contributed by atoms with Gasteiger partial charge in [-0.1, -0.05) is 0 Å². The Balaban J connectivity index is 1.81. The van der Waals surface area contributed by atoms with E-state index in [1.807, 2.05) is 0 Å². The molecule has 18 heavy (non-hydrogen) atoms. The van der Waals surface area contributed by atoms with E-state index in [2.05, 4.69) is 5.32 Å². The van der Waals surface area contributed by atoms with Gasteiger partial charge < -0.3 is 4.74 Å². The Labute approximate surface area is 105 Å². The van der Waals surface area contributed by atoms with Crippen molar-refractivity contribution in [1.29, 1.82) is 0 Å². The third kappa shape index (κ3) is 1.41. The molecule has 0 bridgehead atoms. The molecule has 0 atom stereocenters. The van der Waals surface area contributed by atoms with E-state index < -0.39 is 23.0 Å². The average molecular weight is 252 g/mol. The van der Waals surface area contributed by atoms with Crippen LogP contribution in [0.1, 0.15) is 32.1 Å². The second-order valence-electron chi connectivity index (χ2n) is 5.47. The number of hydrogen-bond acceptors (Lipinski definition) is 4. The quantitative estimate of drug-likeness (QED) is 0.738. The molecule has 1 aliphatic heterocycles. The molecule has 1 saturated heterocycles. The van der Waals surface area contributed by atoms with E-state index in [-0.39, 0.29) is 12.5 Å². The molecule has 1 spiro atoms. The summed E-state index contributed by atoms with van der Waals surface area (Å²) < 4.78 is 5.43. The molecule has 2 saturated carbocycles. The van der Waals surface area contributed by atoms with E-state index in [0.717, 1.165) is 24.2 Å². The number of carbonyl (C=O) groups is 3. The first-order valence-corrected chi connectivity index (χ1v) is 6.26. The molecule has 3 aliphatic rings. The molecule has 2 aliphatic carbocycles. The van der Waals surface area contributed by atoms with E-state index in [9.17, 15) is 14.4 Å². The number of imide groups is 2. The smallest absolute Gasteiger partial charge is 0.330 e. The van der Waals surface area contributed by atoms with E-state index in [1.54, 1.807) is 7.11 Å². The van der Waals surface area contributed by atoms with Crippen LogP contribution in [0.3, 0.4) is 0 Å². The van der Waals surface area contributed by atoms with Crippen LogP contribution in [-0.2, 0) is 14.3 Å². The highest BCUT2D eigenvalue weighted by atomic mass is 16.5. The molecule has 4 amide bonds. The van der Waals surface area contributed by atoms with Gasteiger partial charge in [-0.2, -0.15) is 0 Å². The summed E-state index contributed by atoms with van der Waals surface area (Å²) >= 11 is 0. The maximum atomic E-state index is 12.3. The lowest BCUT2D eigenvalue weighted by molar-refractivity contribution is -0.150. The maximum absolute atomic E-state index is 12.3. The van der Waals surface area contributed by atoms with E-state index in [4.69, 9.17) is 4.74 Å². The number of carbonyl (C=O) groups excluding carboxylic acids is 3. The maximum Gasteiger partial charge on any atom is 0.330 e. The second-order valence-corrected chi connectivity index (χ2v) is 5.47. The fraction of sp³-hybridized carbons (Fsp3) is 0.750. The van der Waals surface area contributed by atoms with Gasteiger partial charge in [0.1, 0.15) is 5.41 Å². The van der Waals surface area contributed by atoms with Crippen molar-refractivity contribution in [1.82, 2.24) is 10.2 Å². The zero-order valence-electron chi connectivity index (χ0n) is 10.3. The number of rotatable bonds is 3. The molecule has 6 heteroatoms. The monoisotopic (exact) mass is 252 g/mol. The standard InChI is InChI=1S/C12H16N2O4/c1-18-11(3-2-4-11)7-14-9(16)12(5-6-12)8(15)13-10(14)17/h2-7H2,1H3,(H,13,15,17). The number of urea groups is 1. The van der Waals surface area contributed by atoms with Crippen LogP contribution in [0.4, 0.5) is 4.79 Å². The van der Waals surface area contributed by atoms with Crippen molar-refractivity contribution >= 4 is 17.8 Å². The summed E-state index contributed by atoms with van der Waals surface area (Å²) in [5.74, 6) is -0.784. The summed E-state index contributed by atoms with van der Waals surface area (Å²) in [4.78, 5) is 36.9. The van der Waals surface area contributed by atoms with Gasteiger partial charge in [0.05, 0.1) is 12.1 Å². The van der Waals surface area contributed by atoms with Gasteiger partial charge >= 0.3 is 6.03 Å². The van der Waals surface area contributed by atoms with Crippen molar-refractivity contribution < 1.29 is 19.1 Å². The summed E-state index contributed by atoms with van der Waals surface area (Å²) in [5, 5.41) is 2.28. The number of amides is 4. The first-order valence-electron chi connectivity index (χ1n) is 6.26. The minimum absolute atomic E-state index is 0.253. The van der Waals surface area contributed by atoms with Crippen molar-refractivity contribution in [3.05, 3.63) is 0 Å². The average Bonchev–Trinajstić information content (AvgIpc) is 3.07. The number of nitrogens with one attached hydrogen (secondary N) is 1. The molecule has 0 aromatic carbocycles. The van der Waals surface area contributed by atoms with Gasteiger partial charge in [-0.3, -0.25) is 19.8 Å². The van der Waals surface area contributed by atoms with E-state index in [0.29, 0.717) is 12.8 Å². The van der Waals surface area contributed by atoms with Gasteiger partial charge in [0, 0.05) is 7.11 Å². The minimum Gasteiger partial charge on any atom is -0.376 e. The molecule has 1 heterocycles. The summed E-state index contributed by atoms with van der Waals surface area (Å²) in [6, 6.07) is -0.606. The summed E-state index contributed by atoms with van der Waals surface area (Å²) in [7, 11) is 1.60. The fourth-order valence-corrected chi connectivity index (χ4v) is 2.73. The van der Waals surface area contributed by atoms with Gasteiger partial charge in [-0.25, -0.2) is 4.79 Å². The van der Waals surface area contributed by atoms with Crippen molar-refractivity contribution in [2.45, 2.75) is 37.7 Å². The zero-order valence-corrected chi connectivity index (χ0v) is 10.3. The van der Waals surface area contributed by atoms with Crippen LogP contribution in [0.2, 0.25) is 0 Å². The summed E-state index contributed by atoms with van der Waals surface area (Å²) in [6.45, 7) is 0.253. The number of methoxy groups -OCH3 is 1. The SMILES string of the molecule is COC1(CN2C(=O)NC(=O)C3(CC3)C2=O)CCC1. The largest absolute Gasteiger partial charge is 0.376 e. The Morgan fingerprint density at radius 2 is 1.89 bits per heavy atom. The van der Waals surface area contributed by atoms with Crippen LogP contribution in [0, 0.1) is 5.41 Å². The molecule has 3 rings (SSSR count). The summed E-state index contributed by atoms with van der Waals surface area (Å²) in [6.07, 6.45) is 3.83. The Morgan fingerprint density at radius 1 is 1.22 bits per heavy atom. The number of ether oxygens (including phenoxy) is 1. The lowest BCUT2D eigenvalue weighted by atomic mass is 9.79. The molecule has 1 N–H and O–H groups in total. The number of hydrogen-bond donors (Lipinski definition) is 1. The fourth-order valence-electron chi connectivity index (χ4n) is 2.73. The minimum atomic E-state index is -0.952. The molecule has 3 fully saturated rings. The molecule has 0 aromatic rings. The van der Waals surface area contributed by atoms with Crippen LogP contribution in [0.25, 0.3) is 0 Å². The Bertz CT molecular complexity index is 432. The zero-order chi connectivity index (χ0) is 13.0. The Hall–Kier alpha value is -1.43. The Morgan fingerprint density at radius 3 is 2.33 bits per heavy atom. The van der Waals surface area contributed by atoms with Gasteiger partial charge in [-0.05, 0) is 32.1 Å². The lowest BCUT2D eigenvalue weighted by Crippen LogP contribution is -2.63. The molecular formula is C12H16N2O4. The predicted octanol–water partition coefficient (Wildman–Crippen LogP) is 0.414. The normalized spacial score (nSPS) is 28.1. The molecule has 0 radical (unpaired) electrons. The third-order valence-electron chi connectivity index (χ3n) is 4.45. The van der Waals surface area contributed by atoms with Crippen LogP contribution < -0.4 is 5.32 Å². The highest BCUT2D eigenvalue weighted by Gasteiger charge is 2.63. The number of nitrogens with zero attached hydrogens (tertiary/aromatic N) is 1. The van der Waals surface area contributed by atoms with Gasteiger partial charge in [0.2, 0.25) is 11.8 Å². The van der Waals surface area contributed by atoms with E-state index >= 15 is 0 Å². The molecule has 0 aromatic heterocycles. The van der Waals surface area contributed by atoms with Crippen molar-refractivity contribution in [2.24, 2.45) is 5.41 Å². The van der Waals surface area contributed by atoms with E-state index in [1.165, 1.54) is 0 Å². The Kier molecular flexibility index (Phi) is 2.29. The number of barbiturate groups is 1. The molecular weight excluding hydrogens is 236 g/mol. The van der Waals surface area contributed by atoms with Gasteiger partial charge in [0.25, 0.3) is 0 Å². The van der Waals surface area contributed by atoms with Crippen molar-refractivity contribution in [3.8, 4) is 0 Å². The van der Waals surface area contributed by atoms with Crippen LogP contribution in [0.5, 0.6) is 0 Å². The third-order valence-corrected chi connectivity index (χ3v) is 4.45. The summed E-state index contributed by atoms with van der Waals surface area (Å²) in [5.41, 5.74) is -1.35. The molecule has 6 nitrogen and oxygen atoms in total. The van der Waals surface area contributed by atoms with Crippen molar-refractivity contribution in [2.75, 3.05) is 13.7 Å². The van der Waals surface area contributed by atoms with Crippen LogP contribution in [-0.4, -0.2) is 42.0 Å². The van der Waals surface area contributed by atoms with Gasteiger partial charge in [0.15, 0.2) is 0 Å². The highest BCUT2D eigenvalue weighted by molar-refractivity contribution is 6.20. The first kappa shape index (κ1) is 11.6. The molecule has 0 unspecified atom stereocenters. The first-order chi connectivity index (χ1) is 8.53. The molecule has 98 valence electrons. The second kappa shape index (κ2) is 3.54. The predicted molar refractivity (Wildman–Crippen MR) is 60.5 cm³/mol. The lowest BCUT2D eigenvalue weighted by Gasteiger charge is -2.44. The van der Waals surface area contributed by atoms with Gasteiger partial charge in [-0.15, -0.1) is 0 Å². The van der Waals surface area contributed by atoms with Crippen LogP contribution in [0.15, 0.2) is 0 Å². The topological polar surface area (TPSA) is 75.7 Å². The van der Waals surface area contributed by atoms with Crippen LogP contribution >= 0.6 is 0 Å². The highest BCUT2D eigenvalue weighted by Crippen LogP contribution is 2.49.